The van der Waals surface area contributed by atoms with Crippen molar-refractivity contribution in [1.29, 1.82) is 0 Å². The lowest BCUT2D eigenvalue weighted by Crippen LogP contribution is -2.32. The van der Waals surface area contributed by atoms with Gasteiger partial charge in [0.15, 0.2) is 6.61 Å². The summed E-state index contributed by atoms with van der Waals surface area (Å²) in [4.78, 5) is 58.8. The molecule has 2 aromatic carbocycles. The molecule has 11 heteroatoms. The van der Waals surface area contributed by atoms with Crippen LogP contribution in [0, 0.1) is 15.9 Å². The van der Waals surface area contributed by atoms with Gasteiger partial charge in [0.25, 0.3) is 17.7 Å². The molecule has 0 atom stereocenters. The van der Waals surface area contributed by atoms with E-state index in [1.807, 2.05) is 0 Å². The fourth-order valence-corrected chi connectivity index (χ4v) is 2.79. The first-order valence-corrected chi connectivity index (χ1v) is 8.62. The molecule has 3 rings (SSSR count). The highest BCUT2D eigenvalue weighted by Gasteiger charge is 2.35. The number of fused-ring (bicyclic) bond motifs is 1. The van der Waals surface area contributed by atoms with Crippen LogP contribution in [0.1, 0.15) is 27.1 Å². The normalized spacial score (nSPS) is 12.5. The molecule has 1 N–H and O–H groups in total. The number of benzene rings is 2. The SMILES string of the molecule is O=C(COC(=O)CCN1C(=O)c2ccccc2C1=O)Nc1ccc(F)c([N+](=O)[O-])c1. The summed E-state index contributed by atoms with van der Waals surface area (Å²) in [5, 5.41) is 12.9. The number of nitrogens with one attached hydrogen (secondary N) is 1. The zero-order valence-corrected chi connectivity index (χ0v) is 15.3. The number of carbonyl (C=O) groups is 4. The molecule has 0 unspecified atom stereocenters. The van der Waals surface area contributed by atoms with Crippen molar-refractivity contribution in [2.24, 2.45) is 0 Å². The summed E-state index contributed by atoms with van der Waals surface area (Å²) in [6, 6.07) is 9.03. The number of nitro groups is 1. The van der Waals surface area contributed by atoms with E-state index in [2.05, 4.69) is 5.32 Å². The van der Waals surface area contributed by atoms with Crippen LogP contribution in [-0.4, -0.2) is 46.7 Å². The maximum Gasteiger partial charge on any atom is 0.308 e. The van der Waals surface area contributed by atoms with Crippen LogP contribution >= 0.6 is 0 Å². The van der Waals surface area contributed by atoms with Gasteiger partial charge in [-0.2, -0.15) is 4.39 Å². The van der Waals surface area contributed by atoms with Gasteiger partial charge in [-0.25, -0.2) is 0 Å². The van der Waals surface area contributed by atoms with Crippen molar-refractivity contribution >= 4 is 35.1 Å². The average Bonchev–Trinajstić information content (AvgIpc) is 2.96. The molecular weight excluding hydrogens is 401 g/mol. The molecule has 154 valence electrons. The summed E-state index contributed by atoms with van der Waals surface area (Å²) in [7, 11) is 0. The molecule has 0 aromatic heterocycles. The van der Waals surface area contributed by atoms with Crippen LogP contribution in [0.15, 0.2) is 42.5 Å². The second kappa shape index (κ2) is 8.47. The van der Waals surface area contributed by atoms with Crippen LogP contribution in [0.4, 0.5) is 15.8 Å². The number of halogens is 1. The predicted molar refractivity (Wildman–Crippen MR) is 99.1 cm³/mol. The molecular formula is C19H14FN3O7. The molecule has 0 aliphatic carbocycles. The fraction of sp³-hybridized carbons (Fsp3) is 0.158. The van der Waals surface area contributed by atoms with E-state index in [4.69, 9.17) is 4.74 Å². The van der Waals surface area contributed by atoms with Crippen molar-refractivity contribution in [2.45, 2.75) is 6.42 Å². The minimum atomic E-state index is -1.06. The van der Waals surface area contributed by atoms with E-state index in [0.29, 0.717) is 0 Å². The zero-order valence-electron chi connectivity index (χ0n) is 15.3. The topological polar surface area (TPSA) is 136 Å². The van der Waals surface area contributed by atoms with Gasteiger partial charge in [0, 0.05) is 18.3 Å². The lowest BCUT2D eigenvalue weighted by Gasteiger charge is -2.13. The Hall–Kier alpha value is -4.15. The average molecular weight is 415 g/mol. The molecule has 1 aliphatic heterocycles. The van der Waals surface area contributed by atoms with E-state index in [1.165, 1.54) is 12.1 Å². The number of imide groups is 1. The first kappa shape index (κ1) is 20.6. The number of nitrogens with zero attached hydrogens (tertiary/aromatic N) is 2. The number of anilines is 1. The second-order valence-corrected chi connectivity index (χ2v) is 6.19. The van der Waals surface area contributed by atoms with Gasteiger partial charge in [-0.1, -0.05) is 12.1 Å². The largest absolute Gasteiger partial charge is 0.456 e. The standard InChI is InChI=1S/C19H14FN3O7/c20-14-6-5-11(9-15(14)23(28)29)21-16(24)10-30-17(25)7-8-22-18(26)12-3-1-2-4-13(12)19(22)27/h1-6,9H,7-8,10H2,(H,21,24). The van der Waals surface area contributed by atoms with E-state index in [1.54, 1.807) is 12.1 Å². The molecule has 30 heavy (non-hydrogen) atoms. The predicted octanol–water partition coefficient (Wildman–Crippen LogP) is 1.90. The molecule has 0 spiro atoms. The Morgan fingerprint density at radius 3 is 2.33 bits per heavy atom. The van der Waals surface area contributed by atoms with Gasteiger partial charge in [-0.3, -0.25) is 34.2 Å². The Labute approximate surface area is 168 Å². The molecule has 2 aromatic rings. The van der Waals surface area contributed by atoms with E-state index < -0.39 is 46.7 Å². The number of esters is 1. The number of amides is 3. The highest BCUT2D eigenvalue weighted by Crippen LogP contribution is 2.23. The number of nitro benzene ring substituents is 1. The van der Waals surface area contributed by atoms with E-state index in [9.17, 15) is 33.7 Å². The van der Waals surface area contributed by atoms with Crippen molar-refractivity contribution in [3.05, 3.63) is 69.5 Å². The van der Waals surface area contributed by atoms with Crippen LogP contribution in [0.5, 0.6) is 0 Å². The van der Waals surface area contributed by atoms with Gasteiger partial charge in [-0.15, -0.1) is 0 Å². The van der Waals surface area contributed by atoms with Crippen LogP contribution in [0.2, 0.25) is 0 Å². The molecule has 0 saturated carbocycles. The smallest absolute Gasteiger partial charge is 0.308 e. The van der Waals surface area contributed by atoms with Gasteiger partial charge < -0.3 is 10.1 Å². The van der Waals surface area contributed by atoms with Gasteiger partial charge in [0.05, 0.1) is 22.5 Å². The van der Waals surface area contributed by atoms with Gasteiger partial charge in [0.1, 0.15) is 0 Å². The number of carbonyl (C=O) groups excluding carboxylic acids is 4. The number of rotatable bonds is 7. The Morgan fingerprint density at radius 2 is 1.73 bits per heavy atom. The van der Waals surface area contributed by atoms with Crippen LogP contribution in [-0.2, 0) is 14.3 Å². The minimum absolute atomic E-state index is 0.0461. The molecule has 3 amide bonds. The Balaban J connectivity index is 1.48. The lowest BCUT2D eigenvalue weighted by atomic mass is 10.1. The van der Waals surface area contributed by atoms with E-state index in [-0.39, 0.29) is 29.8 Å². The van der Waals surface area contributed by atoms with E-state index in [0.717, 1.165) is 23.1 Å². The molecule has 0 radical (unpaired) electrons. The fourth-order valence-electron chi connectivity index (χ4n) is 2.79. The monoisotopic (exact) mass is 415 g/mol. The quantitative estimate of drug-likeness (QED) is 0.316. The third-order valence-corrected chi connectivity index (χ3v) is 4.21. The van der Waals surface area contributed by atoms with Crippen LogP contribution in [0.3, 0.4) is 0 Å². The molecule has 1 aliphatic rings. The third kappa shape index (κ3) is 4.29. The first-order chi connectivity index (χ1) is 14.3. The maximum absolute atomic E-state index is 13.3. The molecule has 0 bridgehead atoms. The van der Waals surface area contributed by atoms with Crippen molar-refractivity contribution < 1.29 is 33.2 Å². The summed E-state index contributed by atoms with van der Waals surface area (Å²) in [5.74, 6) is -3.72. The number of hydrogen-bond acceptors (Lipinski definition) is 7. The summed E-state index contributed by atoms with van der Waals surface area (Å²) >= 11 is 0. The minimum Gasteiger partial charge on any atom is -0.456 e. The van der Waals surface area contributed by atoms with Gasteiger partial charge in [0.2, 0.25) is 5.82 Å². The highest BCUT2D eigenvalue weighted by molar-refractivity contribution is 6.21. The molecule has 0 saturated heterocycles. The summed E-state index contributed by atoms with van der Waals surface area (Å²) in [6.07, 6.45) is -0.319. The summed E-state index contributed by atoms with van der Waals surface area (Å²) in [6.45, 7) is -0.914. The van der Waals surface area contributed by atoms with Crippen molar-refractivity contribution in [1.82, 2.24) is 4.90 Å². The molecule has 0 fully saturated rings. The number of ether oxygens (including phenoxy) is 1. The van der Waals surface area contributed by atoms with Crippen LogP contribution in [0.25, 0.3) is 0 Å². The zero-order chi connectivity index (χ0) is 21.8. The Morgan fingerprint density at radius 1 is 1.10 bits per heavy atom. The third-order valence-electron chi connectivity index (χ3n) is 4.21. The highest BCUT2D eigenvalue weighted by atomic mass is 19.1. The molecule has 1 heterocycles. The first-order valence-electron chi connectivity index (χ1n) is 8.62. The van der Waals surface area contributed by atoms with Crippen molar-refractivity contribution in [3.8, 4) is 0 Å². The Bertz CT molecular complexity index is 1030. The Kier molecular flexibility index (Phi) is 5.81. The second-order valence-electron chi connectivity index (χ2n) is 6.19. The number of hydrogen-bond donors (Lipinski definition) is 1. The van der Waals surface area contributed by atoms with Gasteiger partial charge >= 0.3 is 11.7 Å². The lowest BCUT2D eigenvalue weighted by molar-refractivity contribution is -0.387. The van der Waals surface area contributed by atoms with Crippen molar-refractivity contribution in [2.75, 3.05) is 18.5 Å². The van der Waals surface area contributed by atoms with Crippen molar-refractivity contribution in [3.63, 3.8) is 0 Å². The summed E-state index contributed by atoms with van der Waals surface area (Å²) < 4.78 is 18.1. The van der Waals surface area contributed by atoms with Gasteiger partial charge in [-0.05, 0) is 24.3 Å². The van der Waals surface area contributed by atoms with Crippen LogP contribution < -0.4 is 5.32 Å². The van der Waals surface area contributed by atoms with E-state index >= 15 is 0 Å². The summed E-state index contributed by atoms with van der Waals surface area (Å²) in [5.41, 5.74) is -0.354. The maximum atomic E-state index is 13.3. The molecule has 10 nitrogen and oxygen atoms in total.